The van der Waals surface area contributed by atoms with Crippen LogP contribution < -0.4 is 16.0 Å². The highest BCUT2D eigenvalue weighted by molar-refractivity contribution is 6.04. The largest absolute Gasteiger partial charge is 0.439 e. The Bertz CT molecular complexity index is 1400. The fourth-order valence-electron chi connectivity index (χ4n) is 4.72. The predicted molar refractivity (Wildman–Crippen MR) is 135 cm³/mol. The Balaban J connectivity index is 1.26. The smallest absolute Gasteiger partial charge is 0.380 e. The van der Waals surface area contributed by atoms with Crippen molar-refractivity contribution in [1.29, 1.82) is 0 Å². The highest BCUT2D eigenvalue weighted by Gasteiger charge is 2.39. The summed E-state index contributed by atoms with van der Waals surface area (Å²) in [5, 5.41) is 16.8. The third kappa shape index (κ3) is 5.08. The quantitative estimate of drug-likeness (QED) is 0.439. The molecule has 3 atom stereocenters. The molecule has 2 saturated heterocycles. The molecule has 0 bridgehead atoms. The number of aromatic nitrogens is 2. The second kappa shape index (κ2) is 10.6. The number of rotatable bonds is 6. The minimum atomic E-state index is -1.77. The van der Waals surface area contributed by atoms with Crippen LogP contribution in [0, 0.1) is 0 Å². The van der Waals surface area contributed by atoms with Crippen LogP contribution in [0.25, 0.3) is 11.4 Å². The van der Waals surface area contributed by atoms with Gasteiger partial charge in [-0.3, -0.25) is 23.9 Å². The van der Waals surface area contributed by atoms with Crippen molar-refractivity contribution < 1.29 is 28.8 Å². The number of H-pyrrole nitrogens is 1. The number of likely N-dealkylation sites (tertiary alicyclic amines) is 1. The van der Waals surface area contributed by atoms with Crippen LogP contribution in [0.4, 0.5) is 11.4 Å². The molecule has 2 fully saturated rings. The molecule has 3 amide bonds. The molecule has 0 saturated carbocycles. The van der Waals surface area contributed by atoms with Crippen molar-refractivity contribution in [3.8, 4) is 11.4 Å². The second-order valence-electron chi connectivity index (χ2n) is 9.28. The maximum Gasteiger partial charge on any atom is 0.439 e. The highest BCUT2D eigenvalue weighted by atomic mass is 16.5. The molecule has 1 aromatic heterocycles. The lowest BCUT2D eigenvalue weighted by molar-refractivity contribution is -0.150. The van der Waals surface area contributed by atoms with E-state index in [0.29, 0.717) is 29.0 Å². The van der Waals surface area contributed by atoms with Gasteiger partial charge in [0.2, 0.25) is 0 Å². The molecule has 12 nitrogen and oxygen atoms in total. The van der Waals surface area contributed by atoms with Crippen LogP contribution in [0.15, 0.2) is 57.8 Å². The summed E-state index contributed by atoms with van der Waals surface area (Å²) in [6.45, 7) is 3.04. The van der Waals surface area contributed by atoms with E-state index in [1.807, 2.05) is 11.8 Å². The van der Waals surface area contributed by atoms with Crippen LogP contribution in [-0.2, 0) is 14.3 Å². The number of aromatic amines is 1. The number of carbonyl (C=O) groups is 3. The van der Waals surface area contributed by atoms with Gasteiger partial charge in [-0.15, -0.1) is 0 Å². The Morgan fingerprint density at radius 2 is 1.95 bits per heavy atom. The lowest BCUT2D eigenvalue weighted by Gasteiger charge is -2.34. The molecule has 0 aliphatic carbocycles. The number of ether oxygens (including phenoxy) is 1. The maximum absolute atomic E-state index is 13.2. The average molecular weight is 522 g/mol. The van der Waals surface area contributed by atoms with E-state index < -0.39 is 29.8 Å². The third-order valence-electron chi connectivity index (χ3n) is 6.76. The summed E-state index contributed by atoms with van der Waals surface area (Å²) in [6, 6.07) is 13.2. The molecule has 3 N–H and O–H groups in total. The van der Waals surface area contributed by atoms with Gasteiger partial charge in [0.25, 0.3) is 17.7 Å². The van der Waals surface area contributed by atoms with Crippen molar-refractivity contribution in [3.05, 3.63) is 64.6 Å². The average Bonchev–Trinajstić information content (AvgIpc) is 3.56. The highest BCUT2D eigenvalue weighted by Crippen LogP contribution is 2.25. The Hall–Kier alpha value is -4.29. The topological polar surface area (TPSA) is 158 Å². The normalized spacial score (nSPS) is 20.4. The second-order valence-corrected chi connectivity index (χ2v) is 9.28. The van der Waals surface area contributed by atoms with Crippen LogP contribution in [0.3, 0.4) is 0 Å². The minimum Gasteiger partial charge on any atom is -0.380 e. The SMILES string of the molecule is C[C@H]1CCCN1C(=O)c1cccc(N2CCO[C@H]([C@@H](O)C(=O)Nc3ccc(-c4noc(=O)[nH]4)cc3)C2=O)c1. The summed E-state index contributed by atoms with van der Waals surface area (Å²) in [5.74, 6) is -1.95. The zero-order valence-corrected chi connectivity index (χ0v) is 20.6. The van der Waals surface area contributed by atoms with E-state index >= 15 is 0 Å². The number of hydrogen-bond donors (Lipinski definition) is 3. The van der Waals surface area contributed by atoms with Crippen molar-refractivity contribution in [2.75, 3.05) is 29.9 Å². The van der Waals surface area contributed by atoms with Crippen molar-refractivity contribution in [3.63, 3.8) is 0 Å². The number of carbonyl (C=O) groups excluding carboxylic acids is 3. The molecule has 5 rings (SSSR count). The zero-order chi connectivity index (χ0) is 26.8. The first-order valence-corrected chi connectivity index (χ1v) is 12.3. The molecule has 0 spiro atoms. The molecule has 0 unspecified atom stereocenters. The van der Waals surface area contributed by atoms with Crippen molar-refractivity contribution in [2.24, 2.45) is 0 Å². The monoisotopic (exact) mass is 521 g/mol. The van der Waals surface area contributed by atoms with E-state index in [-0.39, 0.29) is 30.9 Å². The number of nitrogens with zero attached hydrogens (tertiary/aromatic N) is 3. The molecule has 38 heavy (non-hydrogen) atoms. The predicted octanol–water partition coefficient (Wildman–Crippen LogP) is 1.39. The van der Waals surface area contributed by atoms with Gasteiger partial charge in [-0.05, 0) is 62.2 Å². The van der Waals surface area contributed by atoms with Crippen LogP contribution in [0.1, 0.15) is 30.1 Å². The van der Waals surface area contributed by atoms with E-state index in [0.717, 1.165) is 12.8 Å². The van der Waals surface area contributed by atoms with Crippen molar-refractivity contribution in [2.45, 2.75) is 38.0 Å². The van der Waals surface area contributed by atoms with Gasteiger partial charge in [0.15, 0.2) is 18.0 Å². The van der Waals surface area contributed by atoms with Gasteiger partial charge in [-0.25, -0.2) is 4.79 Å². The van der Waals surface area contributed by atoms with Gasteiger partial charge >= 0.3 is 5.76 Å². The summed E-state index contributed by atoms with van der Waals surface area (Å²) >= 11 is 0. The Labute approximate surface area is 217 Å². The summed E-state index contributed by atoms with van der Waals surface area (Å²) in [6.07, 6.45) is -1.27. The molecule has 2 aromatic carbocycles. The van der Waals surface area contributed by atoms with Crippen molar-refractivity contribution in [1.82, 2.24) is 15.0 Å². The molecule has 2 aliphatic rings. The number of benzene rings is 2. The lowest BCUT2D eigenvalue weighted by atomic mass is 10.1. The number of morpholine rings is 1. The number of aliphatic hydroxyl groups is 1. The number of nitrogens with one attached hydrogen (secondary N) is 2. The van der Waals surface area contributed by atoms with Gasteiger partial charge in [-0.1, -0.05) is 11.2 Å². The first-order valence-electron chi connectivity index (χ1n) is 12.3. The molecule has 2 aliphatic heterocycles. The maximum atomic E-state index is 13.2. The Morgan fingerprint density at radius 3 is 2.63 bits per heavy atom. The molecule has 198 valence electrons. The molecule has 3 heterocycles. The Morgan fingerprint density at radius 1 is 1.16 bits per heavy atom. The minimum absolute atomic E-state index is 0.0885. The number of hydrogen-bond acceptors (Lipinski definition) is 8. The fourth-order valence-corrected chi connectivity index (χ4v) is 4.72. The van der Waals surface area contributed by atoms with Gasteiger partial charge < -0.3 is 25.0 Å². The summed E-state index contributed by atoms with van der Waals surface area (Å²) < 4.78 is 9.96. The third-order valence-corrected chi connectivity index (χ3v) is 6.76. The summed E-state index contributed by atoms with van der Waals surface area (Å²) in [5.41, 5.74) is 1.88. The van der Waals surface area contributed by atoms with E-state index in [1.54, 1.807) is 48.5 Å². The number of aliphatic hydroxyl groups excluding tert-OH is 1. The van der Waals surface area contributed by atoms with Crippen molar-refractivity contribution >= 4 is 29.1 Å². The standard InChI is InChI=1S/C26H27N5O7/c1-15-4-3-11-30(15)24(34)17-5-2-6-19(14-17)31-12-13-37-21(25(31)35)20(32)23(33)27-18-9-7-16(8-10-18)22-28-26(36)38-29-22/h2,5-10,14-15,20-21,32H,3-4,11-13H2,1H3,(H,27,33)(H,28,29,36)/t15-,20+,21+/m0/s1. The van der Waals surface area contributed by atoms with Gasteiger partial charge in [0, 0.05) is 41.6 Å². The molecular formula is C26H27N5O7. The van der Waals surface area contributed by atoms with Gasteiger partial charge in [0.05, 0.1) is 6.61 Å². The number of amides is 3. The van der Waals surface area contributed by atoms with E-state index in [2.05, 4.69) is 20.0 Å². The van der Waals surface area contributed by atoms with E-state index in [1.165, 1.54) is 4.90 Å². The first kappa shape index (κ1) is 25.4. The molecular weight excluding hydrogens is 494 g/mol. The lowest BCUT2D eigenvalue weighted by Crippen LogP contribution is -2.55. The summed E-state index contributed by atoms with van der Waals surface area (Å²) in [4.78, 5) is 55.8. The van der Waals surface area contributed by atoms with Crippen LogP contribution in [0.2, 0.25) is 0 Å². The van der Waals surface area contributed by atoms with Gasteiger partial charge in [0.1, 0.15) is 0 Å². The first-order chi connectivity index (χ1) is 18.3. The Kier molecular flexibility index (Phi) is 7.07. The number of anilines is 2. The van der Waals surface area contributed by atoms with Crippen LogP contribution in [-0.4, -0.2) is 75.8 Å². The fraction of sp³-hybridized carbons (Fsp3) is 0.346. The summed E-state index contributed by atoms with van der Waals surface area (Å²) in [7, 11) is 0. The van der Waals surface area contributed by atoms with Crippen LogP contribution in [0.5, 0.6) is 0 Å². The molecule has 12 heteroatoms. The van der Waals surface area contributed by atoms with E-state index in [9.17, 15) is 24.3 Å². The molecule has 0 radical (unpaired) electrons. The molecule has 3 aromatic rings. The zero-order valence-electron chi connectivity index (χ0n) is 20.6. The van der Waals surface area contributed by atoms with E-state index in [4.69, 9.17) is 4.74 Å². The van der Waals surface area contributed by atoms with Crippen LogP contribution >= 0.6 is 0 Å². The van der Waals surface area contributed by atoms with Gasteiger partial charge in [-0.2, -0.15) is 0 Å².